The van der Waals surface area contributed by atoms with Gasteiger partial charge in [-0.15, -0.1) is 0 Å². The van der Waals surface area contributed by atoms with Gasteiger partial charge in [0.15, 0.2) is 5.60 Å². The Morgan fingerprint density at radius 3 is 2.36 bits per heavy atom. The van der Waals surface area contributed by atoms with Gasteiger partial charge in [0.25, 0.3) is 0 Å². The molecule has 7 nitrogen and oxygen atoms in total. The molecule has 1 fully saturated rings. The van der Waals surface area contributed by atoms with E-state index in [-0.39, 0.29) is 25.0 Å². The van der Waals surface area contributed by atoms with Crippen LogP contribution in [0.2, 0.25) is 0 Å². The predicted molar refractivity (Wildman–Crippen MR) is 134 cm³/mol. The Morgan fingerprint density at radius 1 is 1.11 bits per heavy atom. The first-order chi connectivity index (χ1) is 16.8. The minimum atomic E-state index is -1.75. The molecule has 0 amide bonds. The lowest BCUT2D eigenvalue weighted by Gasteiger charge is -2.39. The number of carbonyl (C=O) groups excluding carboxylic acids is 4. The van der Waals surface area contributed by atoms with Gasteiger partial charge in [-0.1, -0.05) is 51.6 Å². The van der Waals surface area contributed by atoms with Crippen molar-refractivity contribution in [3.63, 3.8) is 0 Å². The monoisotopic (exact) mass is 496 g/mol. The third kappa shape index (κ3) is 5.36. The Hall–Kier alpha value is -3.06. The van der Waals surface area contributed by atoms with Crippen molar-refractivity contribution in [1.29, 1.82) is 0 Å². The van der Waals surface area contributed by atoms with Crippen molar-refractivity contribution in [2.75, 3.05) is 0 Å². The Bertz CT molecular complexity index is 1080. The molecule has 1 aromatic rings. The Balaban J connectivity index is 2.14. The van der Waals surface area contributed by atoms with Gasteiger partial charge in [-0.05, 0) is 49.0 Å². The molecule has 1 saturated carbocycles. The minimum absolute atomic E-state index is 0.00832. The third-order valence-electron chi connectivity index (χ3n) is 7.50. The van der Waals surface area contributed by atoms with E-state index in [2.05, 4.69) is 6.58 Å². The van der Waals surface area contributed by atoms with Crippen LogP contribution >= 0.6 is 0 Å². The highest BCUT2D eigenvalue weighted by Gasteiger charge is 2.63. The standard InChI is InChI=1S/C29H36O7/c1-17-12-13-22(31)28(5,6)15-14-18(2)26(33)29(36-20(4)30)16-19(3)25(23(29)24(17)32)35-27(34)21-10-8-7-9-11-21/h7-11,14,19,23-25,32H,1,12-13,15-16H2,2-6H3/b18-14+/t19-,23-,24+,25-,29+/m0/s1. The van der Waals surface area contributed by atoms with Crippen LogP contribution in [0.15, 0.2) is 54.1 Å². The number of esters is 2. The number of allylic oxidation sites excluding steroid dienone is 1. The van der Waals surface area contributed by atoms with Crippen LogP contribution in [0.5, 0.6) is 0 Å². The van der Waals surface area contributed by atoms with E-state index in [1.807, 2.05) is 13.8 Å². The van der Waals surface area contributed by atoms with Crippen LogP contribution < -0.4 is 0 Å². The highest BCUT2D eigenvalue weighted by Crippen LogP contribution is 2.49. The number of fused-ring (bicyclic) bond motifs is 1. The van der Waals surface area contributed by atoms with E-state index in [1.54, 1.807) is 50.3 Å². The fourth-order valence-corrected chi connectivity index (χ4v) is 5.36. The molecule has 0 aromatic heterocycles. The zero-order valence-electron chi connectivity index (χ0n) is 21.7. The van der Waals surface area contributed by atoms with Crippen LogP contribution in [0.4, 0.5) is 0 Å². The van der Waals surface area contributed by atoms with Gasteiger partial charge in [0, 0.05) is 25.2 Å². The van der Waals surface area contributed by atoms with Crippen LogP contribution in [-0.4, -0.2) is 46.4 Å². The molecule has 7 heteroatoms. The highest BCUT2D eigenvalue weighted by atomic mass is 16.6. The number of carbonyl (C=O) groups is 4. The molecule has 2 aliphatic carbocycles. The molecule has 0 radical (unpaired) electrons. The van der Waals surface area contributed by atoms with Crippen molar-refractivity contribution in [1.82, 2.24) is 0 Å². The van der Waals surface area contributed by atoms with Crippen LogP contribution in [0.25, 0.3) is 0 Å². The van der Waals surface area contributed by atoms with Crippen molar-refractivity contribution >= 4 is 23.5 Å². The summed E-state index contributed by atoms with van der Waals surface area (Å²) in [6.07, 6.45) is 0.175. The van der Waals surface area contributed by atoms with Gasteiger partial charge in [-0.2, -0.15) is 0 Å². The fourth-order valence-electron chi connectivity index (χ4n) is 5.36. The van der Waals surface area contributed by atoms with Gasteiger partial charge >= 0.3 is 11.9 Å². The van der Waals surface area contributed by atoms with Crippen LogP contribution in [-0.2, 0) is 23.9 Å². The van der Waals surface area contributed by atoms with Crippen LogP contribution in [0.3, 0.4) is 0 Å². The van der Waals surface area contributed by atoms with E-state index in [0.717, 1.165) is 0 Å². The Labute approximate surface area is 212 Å². The van der Waals surface area contributed by atoms with Gasteiger partial charge in [0.05, 0.1) is 17.6 Å². The minimum Gasteiger partial charge on any atom is -0.458 e. The normalized spacial score (nSPS) is 32.4. The number of benzene rings is 1. The molecule has 194 valence electrons. The van der Waals surface area contributed by atoms with E-state index in [0.29, 0.717) is 23.1 Å². The Kier molecular flexibility index (Phi) is 8.04. The molecular formula is C29H36O7. The molecule has 0 heterocycles. The van der Waals surface area contributed by atoms with Crippen molar-refractivity contribution in [2.24, 2.45) is 17.3 Å². The van der Waals surface area contributed by atoms with Crippen molar-refractivity contribution in [3.05, 3.63) is 59.7 Å². The third-order valence-corrected chi connectivity index (χ3v) is 7.50. The summed E-state index contributed by atoms with van der Waals surface area (Å²) < 4.78 is 11.7. The lowest BCUT2D eigenvalue weighted by molar-refractivity contribution is -0.174. The SMILES string of the molecule is C=C1CCC(=O)C(C)(C)C/C=C(\C)C(=O)[C@@]2(OC(C)=O)C[C@H](C)[C@H](OC(=O)c3ccccc3)[C@@H]2[C@@H]1O. The average Bonchev–Trinajstić information content (AvgIpc) is 3.10. The number of ether oxygens (including phenoxy) is 2. The second-order valence-corrected chi connectivity index (χ2v) is 10.8. The summed E-state index contributed by atoms with van der Waals surface area (Å²) in [5.41, 5.74) is -1.49. The van der Waals surface area contributed by atoms with E-state index < -0.39 is 52.8 Å². The molecule has 0 aliphatic heterocycles. The molecule has 3 rings (SSSR count). The van der Waals surface area contributed by atoms with Gasteiger partial charge < -0.3 is 14.6 Å². The lowest BCUT2D eigenvalue weighted by atomic mass is 9.74. The molecular weight excluding hydrogens is 460 g/mol. The van der Waals surface area contributed by atoms with Crippen LogP contribution in [0.1, 0.15) is 70.7 Å². The first-order valence-corrected chi connectivity index (χ1v) is 12.4. The van der Waals surface area contributed by atoms with Gasteiger partial charge in [-0.25, -0.2) is 4.79 Å². The number of aliphatic hydroxyl groups excluding tert-OH is 1. The summed E-state index contributed by atoms with van der Waals surface area (Å²) in [6.45, 7) is 12.3. The Morgan fingerprint density at radius 2 is 1.75 bits per heavy atom. The maximum atomic E-state index is 14.0. The summed E-state index contributed by atoms with van der Waals surface area (Å²) in [5.74, 6) is -3.26. The molecule has 0 unspecified atom stereocenters. The van der Waals surface area contributed by atoms with Crippen molar-refractivity contribution in [3.8, 4) is 0 Å². The smallest absolute Gasteiger partial charge is 0.338 e. The number of rotatable bonds is 3. The molecule has 0 spiro atoms. The molecule has 36 heavy (non-hydrogen) atoms. The summed E-state index contributed by atoms with van der Waals surface area (Å²) in [5, 5.41) is 11.5. The highest BCUT2D eigenvalue weighted by molar-refractivity contribution is 6.03. The lowest BCUT2D eigenvalue weighted by Crippen LogP contribution is -2.54. The average molecular weight is 497 g/mol. The van der Waals surface area contributed by atoms with Gasteiger partial charge in [-0.3, -0.25) is 14.4 Å². The molecule has 0 saturated heterocycles. The van der Waals surface area contributed by atoms with Crippen molar-refractivity contribution < 1.29 is 33.8 Å². The zero-order valence-corrected chi connectivity index (χ0v) is 21.7. The summed E-state index contributed by atoms with van der Waals surface area (Å²) in [6, 6.07) is 8.42. The first-order valence-electron chi connectivity index (χ1n) is 12.4. The quantitative estimate of drug-likeness (QED) is 0.489. The largest absolute Gasteiger partial charge is 0.458 e. The maximum Gasteiger partial charge on any atom is 0.338 e. The zero-order chi connectivity index (χ0) is 26.8. The molecule has 1 N–H and O–H groups in total. The summed E-state index contributed by atoms with van der Waals surface area (Å²) in [4.78, 5) is 52.2. The number of Topliss-reactive ketones (excluding diaryl/α,β-unsaturated/α-hetero) is 2. The van der Waals surface area contributed by atoms with Crippen molar-refractivity contribution in [2.45, 2.75) is 78.1 Å². The molecule has 5 atom stereocenters. The fraction of sp³-hybridized carbons (Fsp3) is 0.517. The van der Waals surface area contributed by atoms with E-state index in [1.165, 1.54) is 6.92 Å². The topological polar surface area (TPSA) is 107 Å². The second-order valence-electron chi connectivity index (χ2n) is 10.8. The number of aliphatic hydroxyl groups is 1. The molecule has 2 aliphatic rings. The van der Waals surface area contributed by atoms with E-state index in [4.69, 9.17) is 9.47 Å². The number of hydrogen-bond acceptors (Lipinski definition) is 7. The predicted octanol–water partition coefficient (Wildman–Crippen LogP) is 4.38. The second kappa shape index (κ2) is 10.5. The van der Waals surface area contributed by atoms with E-state index >= 15 is 0 Å². The number of hydrogen-bond donors (Lipinski definition) is 1. The van der Waals surface area contributed by atoms with Crippen LogP contribution in [0, 0.1) is 17.3 Å². The maximum absolute atomic E-state index is 14.0. The van der Waals surface area contributed by atoms with Gasteiger partial charge in [0.1, 0.15) is 11.9 Å². The molecule has 0 bridgehead atoms. The molecule has 1 aromatic carbocycles. The first kappa shape index (κ1) is 27.5. The van der Waals surface area contributed by atoms with Gasteiger partial charge in [0.2, 0.25) is 5.78 Å². The number of ketones is 2. The summed E-state index contributed by atoms with van der Waals surface area (Å²) in [7, 11) is 0. The summed E-state index contributed by atoms with van der Waals surface area (Å²) >= 11 is 0. The van der Waals surface area contributed by atoms with E-state index in [9.17, 15) is 24.3 Å².